The fourth-order valence-electron chi connectivity index (χ4n) is 4.98. The Morgan fingerprint density at radius 2 is 1.91 bits per heavy atom. The summed E-state index contributed by atoms with van der Waals surface area (Å²) in [6.07, 6.45) is 5.69. The molecule has 1 aliphatic carbocycles. The molecule has 3 aliphatic rings. The third-order valence-corrected chi connectivity index (χ3v) is 9.86. The summed E-state index contributed by atoms with van der Waals surface area (Å²) in [5, 5.41) is 2.91. The van der Waals surface area contributed by atoms with Crippen LogP contribution in [0.15, 0.2) is 62.3 Å². The number of carbonyl (C=O) groups excluding carboxylic acids is 1. The Bertz CT molecular complexity index is 1340. The number of nitrogens with zero attached hydrogens (tertiary/aromatic N) is 4. The molecule has 0 spiro atoms. The first-order valence-corrected chi connectivity index (χ1v) is 14.3. The highest BCUT2D eigenvalue weighted by atomic mass is 32.2. The van der Waals surface area contributed by atoms with Crippen LogP contribution >= 0.6 is 34.9 Å². The molecule has 2 fully saturated rings. The summed E-state index contributed by atoms with van der Waals surface area (Å²) in [5.74, 6) is 0.110. The maximum Gasteiger partial charge on any atom is 0.269 e. The molecule has 8 heteroatoms. The number of fused-ring (bicyclic) bond motifs is 2. The van der Waals surface area contributed by atoms with E-state index in [1.165, 1.54) is 29.8 Å². The standard InChI is InChI=1S/C26H26N4OS3/c1-3-29-20-11-7-8-12-21(20)33-25(29)23-24(31)30(18-9-5-4-6-10-18)26(34-23)28-17-13-14-19-22(15-17)32-16(2)27-19/h7-8,11-15,18H,3-6,9-10H2,1-2H3/b25-23-,28-26?. The van der Waals surface area contributed by atoms with Crippen LogP contribution in [0.25, 0.3) is 10.2 Å². The summed E-state index contributed by atoms with van der Waals surface area (Å²) >= 11 is 4.94. The van der Waals surface area contributed by atoms with Crippen molar-refractivity contribution in [3.63, 3.8) is 0 Å². The van der Waals surface area contributed by atoms with Crippen LogP contribution in [0, 0.1) is 6.92 Å². The van der Waals surface area contributed by atoms with E-state index >= 15 is 0 Å². The smallest absolute Gasteiger partial charge is 0.269 e. The first-order valence-electron chi connectivity index (χ1n) is 11.9. The maximum absolute atomic E-state index is 13.9. The van der Waals surface area contributed by atoms with Gasteiger partial charge in [-0.1, -0.05) is 43.2 Å². The van der Waals surface area contributed by atoms with Gasteiger partial charge in [-0.05, 0) is 68.8 Å². The molecule has 1 saturated carbocycles. The van der Waals surface area contributed by atoms with E-state index in [0.29, 0.717) is 0 Å². The quantitative estimate of drug-likeness (QED) is 0.349. The Morgan fingerprint density at radius 1 is 1.09 bits per heavy atom. The minimum atomic E-state index is 0.110. The minimum Gasteiger partial charge on any atom is -0.334 e. The predicted molar refractivity (Wildman–Crippen MR) is 145 cm³/mol. The molecular weight excluding hydrogens is 481 g/mol. The van der Waals surface area contributed by atoms with Gasteiger partial charge >= 0.3 is 0 Å². The van der Waals surface area contributed by atoms with Crippen LogP contribution in [0.1, 0.15) is 44.0 Å². The molecule has 2 aromatic carbocycles. The average molecular weight is 507 g/mol. The molecule has 5 nitrogen and oxygen atoms in total. The number of amidine groups is 1. The van der Waals surface area contributed by atoms with Gasteiger partial charge in [0.2, 0.25) is 0 Å². The van der Waals surface area contributed by atoms with Crippen LogP contribution in [0.5, 0.6) is 0 Å². The Balaban J connectivity index is 1.43. The summed E-state index contributed by atoms with van der Waals surface area (Å²) in [6, 6.07) is 14.8. The van der Waals surface area contributed by atoms with Crippen LogP contribution in [0.3, 0.4) is 0 Å². The van der Waals surface area contributed by atoms with Gasteiger partial charge in [-0.15, -0.1) is 11.3 Å². The lowest BCUT2D eigenvalue weighted by atomic mass is 9.94. The number of rotatable bonds is 3. The Kier molecular flexibility index (Phi) is 5.91. The molecule has 3 aromatic rings. The molecule has 1 saturated heterocycles. The molecule has 2 aliphatic heterocycles. The zero-order valence-electron chi connectivity index (χ0n) is 19.3. The number of hydrogen-bond donors (Lipinski definition) is 0. The molecule has 174 valence electrons. The number of carbonyl (C=O) groups is 1. The van der Waals surface area contributed by atoms with Crippen molar-refractivity contribution in [2.75, 3.05) is 11.4 Å². The lowest BCUT2D eigenvalue weighted by molar-refractivity contribution is -0.124. The van der Waals surface area contributed by atoms with Crippen LogP contribution in [-0.4, -0.2) is 33.5 Å². The lowest BCUT2D eigenvalue weighted by Crippen LogP contribution is -2.40. The number of anilines is 1. The third-order valence-electron chi connectivity index (χ3n) is 6.57. The molecule has 0 N–H and O–H groups in total. The van der Waals surface area contributed by atoms with Crippen molar-refractivity contribution in [2.24, 2.45) is 4.99 Å². The van der Waals surface area contributed by atoms with Gasteiger partial charge in [-0.3, -0.25) is 9.69 Å². The normalized spacial score (nSPS) is 22.4. The highest BCUT2D eigenvalue weighted by Gasteiger charge is 2.42. The van der Waals surface area contributed by atoms with E-state index in [0.717, 1.165) is 55.4 Å². The van der Waals surface area contributed by atoms with E-state index in [1.807, 2.05) is 24.0 Å². The molecule has 0 atom stereocenters. The number of hydrogen-bond acceptors (Lipinski definition) is 7. The van der Waals surface area contributed by atoms with E-state index < -0.39 is 0 Å². The van der Waals surface area contributed by atoms with Crippen molar-refractivity contribution in [1.29, 1.82) is 0 Å². The molecular formula is C26H26N4OS3. The maximum atomic E-state index is 13.9. The van der Waals surface area contributed by atoms with Crippen LogP contribution in [0.4, 0.5) is 11.4 Å². The summed E-state index contributed by atoms with van der Waals surface area (Å²) in [7, 11) is 0. The Hall–Kier alpha value is -2.29. The van der Waals surface area contributed by atoms with Crippen molar-refractivity contribution in [2.45, 2.75) is 56.9 Å². The highest BCUT2D eigenvalue weighted by molar-refractivity contribution is 8.19. The molecule has 1 aromatic heterocycles. The van der Waals surface area contributed by atoms with Gasteiger partial charge in [0, 0.05) is 17.5 Å². The second kappa shape index (κ2) is 9.06. The number of aromatic nitrogens is 1. The third kappa shape index (κ3) is 3.85. The van der Waals surface area contributed by atoms with Crippen molar-refractivity contribution in [1.82, 2.24) is 9.88 Å². The predicted octanol–water partition coefficient (Wildman–Crippen LogP) is 7.30. The van der Waals surface area contributed by atoms with E-state index in [2.05, 4.69) is 47.1 Å². The molecule has 0 unspecified atom stereocenters. The number of para-hydroxylation sites is 1. The van der Waals surface area contributed by atoms with Crippen LogP contribution in [0.2, 0.25) is 0 Å². The first-order chi connectivity index (χ1) is 16.6. The van der Waals surface area contributed by atoms with E-state index in [1.54, 1.807) is 34.9 Å². The molecule has 0 radical (unpaired) electrons. The SMILES string of the molecule is CCN1/C(=C2/SC(=Nc3ccc4nc(C)sc4c3)N(C3CCCCC3)C2=O)Sc2ccccc21. The van der Waals surface area contributed by atoms with Gasteiger partial charge in [0.05, 0.1) is 26.6 Å². The second-order valence-corrected chi connectivity index (χ2v) is 12.0. The Morgan fingerprint density at radius 3 is 2.74 bits per heavy atom. The van der Waals surface area contributed by atoms with Gasteiger partial charge in [-0.25, -0.2) is 9.98 Å². The lowest BCUT2D eigenvalue weighted by Gasteiger charge is -2.30. The summed E-state index contributed by atoms with van der Waals surface area (Å²) in [4.78, 5) is 29.9. The van der Waals surface area contributed by atoms with Crippen molar-refractivity contribution in [3.05, 3.63) is 57.4 Å². The van der Waals surface area contributed by atoms with Crippen molar-refractivity contribution in [3.8, 4) is 0 Å². The van der Waals surface area contributed by atoms with Gasteiger partial charge in [0.25, 0.3) is 5.91 Å². The second-order valence-electron chi connectivity index (χ2n) is 8.80. The average Bonchev–Trinajstić information content (AvgIpc) is 3.51. The fraction of sp³-hybridized carbons (Fsp3) is 0.346. The highest BCUT2D eigenvalue weighted by Crippen LogP contribution is 2.51. The molecule has 3 heterocycles. The van der Waals surface area contributed by atoms with Crippen LogP contribution in [-0.2, 0) is 4.79 Å². The fourth-order valence-corrected chi connectivity index (χ4v) is 8.29. The zero-order valence-corrected chi connectivity index (χ0v) is 21.7. The van der Waals surface area contributed by atoms with Crippen molar-refractivity contribution < 1.29 is 4.79 Å². The van der Waals surface area contributed by atoms with Gasteiger partial charge < -0.3 is 4.90 Å². The number of aryl methyl sites for hydroxylation is 1. The number of thiazole rings is 1. The zero-order chi connectivity index (χ0) is 23.2. The van der Waals surface area contributed by atoms with Crippen molar-refractivity contribution >= 4 is 67.5 Å². The first kappa shape index (κ1) is 22.2. The number of aliphatic imine (C=N–C) groups is 1. The molecule has 0 bridgehead atoms. The number of thioether (sulfide) groups is 2. The van der Waals surface area contributed by atoms with E-state index in [-0.39, 0.29) is 11.9 Å². The van der Waals surface area contributed by atoms with Gasteiger partial charge in [0.15, 0.2) is 5.17 Å². The van der Waals surface area contributed by atoms with Gasteiger partial charge in [0.1, 0.15) is 9.93 Å². The summed E-state index contributed by atoms with van der Waals surface area (Å²) in [5.41, 5.74) is 3.08. The van der Waals surface area contributed by atoms with E-state index in [9.17, 15) is 4.79 Å². The largest absolute Gasteiger partial charge is 0.334 e. The van der Waals surface area contributed by atoms with E-state index in [4.69, 9.17) is 4.99 Å². The number of amides is 1. The molecule has 34 heavy (non-hydrogen) atoms. The van der Waals surface area contributed by atoms with Crippen LogP contribution < -0.4 is 4.90 Å². The topological polar surface area (TPSA) is 48.8 Å². The molecule has 1 amide bonds. The summed E-state index contributed by atoms with van der Waals surface area (Å²) in [6.45, 7) is 5.00. The van der Waals surface area contributed by atoms with Gasteiger partial charge in [-0.2, -0.15) is 0 Å². The summed E-state index contributed by atoms with van der Waals surface area (Å²) < 4.78 is 1.13. The molecule has 6 rings (SSSR count). The minimum absolute atomic E-state index is 0.110. The monoisotopic (exact) mass is 506 g/mol. The number of benzene rings is 2. The Labute approximate surface area is 212 Å².